The number of rotatable bonds is 3. The normalized spacial score (nSPS) is 21.6. The van der Waals surface area contributed by atoms with Crippen molar-refractivity contribution in [3.63, 3.8) is 0 Å². The first-order valence-corrected chi connectivity index (χ1v) is 11.9. The number of aliphatic hydroxyl groups is 1. The molecule has 2 atom stereocenters. The van der Waals surface area contributed by atoms with E-state index in [0.717, 1.165) is 22.1 Å². The Hall–Kier alpha value is -3.63. The monoisotopic (exact) mass is 494 g/mol. The molecule has 3 aliphatic rings. The van der Waals surface area contributed by atoms with Crippen molar-refractivity contribution >= 4 is 22.8 Å². The van der Waals surface area contributed by atoms with E-state index in [0.29, 0.717) is 40.9 Å². The van der Waals surface area contributed by atoms with E-state index >= 15 is 0 Å². The van der Waals surface area contributed by atoms with E-state index in [1.54, 1.807) is 24.5 Å². The third kappa shape index (κ3) is 2.88. The van der Waals surface area contributed by atoms with Gasteiger partial charge in [0.15, 0.2) is 0 Å². The highest BCUT2D eigenvalue weighted by Gasteiger charge is 2.50. The lowest BCUT2D eigenvalue weighted by molar-refractivity contribution is -0.172. The summed E-state index contributed by atoms with van der Waals surface area (Å²) >= 11 is 0. The van der Waals surface area contributed by atoms with E-state index in [2.05, 4.69) is 5.32 Å². The van der Waals surface area contributed by atoms with Gasteiger partial charge < -0.3 is 24.8 Å². The number of pyridine rings is 2. The van der Waals surface area contributed by atoms with E-state index < -0.39 is 30.1 Å². The van der Waals surface area contributed by atoms with Crippen molar-refractivity contribution in [3.05, 3.63) is 61.7 Å². The standard InChI is InChI=1S/C26H24FN3O6/c1-3-26(35)15-6-19-23-13(8-30(19)24(33)14(15)10-36-25(26)34)22-17(28-20(32)9-31)5-4-12-11(2)16(27)7-18(29-23)21(12)22/h6-7,17,31,35H,3-5,8-10H2,1-2H3,(H,28,32)/p+1/t17-,26-/m0/s1. The second-order valence-corrected chi connectivity index (χ2v) is 9.67. The van der Waals surface area contributed by atoms with Gasteiger partial charge in [0.1, 0.15) is 19.0 Å². The summed E-state index contributed by atoms with van der Waals surface area (Å²) in [5, 5.41) is 21.7. The van der Waals surface area contributed by atoms with Crippen molar-refractivity contribution in [3.8, 4) is 11.4 Å². The molecule has 1 aliphatic carbocycles. The molecule has 2 aliphatic heterocycles. The fourth-order valence-corrected chi connectivity index (χ4v) is 5.95. The topological polar surface area (TPSA) is 133 Å². The summed E-state index contributed by atoms with van der Waals surface area (Å²) in [5.41, 5.74) is 2.69. The Morgan fingerprint density at radius 3 is 2.83 bits per heavy atom. The Morgan fingerprint density at radius 2 is 2.11 bits per heavy atom. The average Bonchev–Trinajstić information content (AvgIpc) is 3.24. The third-order valence-corrected chi connectivity index (χ3v) is 7.90. The van der Waals surface area contributed by atoms with Gasteiger partial charge in [-0.25, -0.2) is 14.2 Å². The zero-order valence-corrected chi connectivity index (χ0v) is 19.8. The number of halogens is 1. The van der Waals surface area contributed by atoms with Gasteiger partial charge in [-0.2, -0.15) is 0 Å². The van der Waals surface area contributed by atoms with Crippen LogP contribution in [0.1, 0.15) is 59.2 Å². The van der Waals surface area contributed by atoms with Crippen LogP contribution in [0.2, 0.25) is 0 Å². The molecule has 0 radical (unpaired) electrons. The molecule has 36 heavy (non-hydrogen) atoms. The molecule has 0 spiro atoms. The van der Waals surface area contributed by atoms with Gasteiger partial charge >= 0.3 is 5.97 Å². The van der Waals surface area contributed by atoms with Crippen molar-refractivity contribution in [2.24, 2.45) is 0 Å². The third-order valence-electron chi connectivity index (χ3n) is 7.90. The second kappa shape index (κ2) is 7.68. The van der Waals surface area contributed by atoms with Gasteiger partial charge in [0.05, 0.1) is 40.6 Å². The maximum absolute atomic E-state index is 14.9. The first-order valence-electron chi connectivity index (χ1n) is 11.9. The molecule has 1 aromatic carbocycles. The van der Waals surface area contributed by atoms with Crippen molar-refractivity contribution in [1.29, 1.82) is 0 Å². The summed E-state index contributed by atoms with van der Waals surface area (Å²) in [6, 6.07) is 2.59. The maximum Gasteiger partial charge on any atom is 0.395 e. The molecule has 6 rings (SSSR count). The van der Waals surface area contributed by atoms with Crippen LogP contribution in [0.25, 0.3) is 22.3 Å². The van der Waals surface area contributed by atoms with Crippen molar-refractivity contribution in [2.75, 3.05) is 6.61 Å². The van der Waals surface area contributed by atoms with Crippen LogP contribution >= 0.6 is 0 Å². The van der Waals surface area contributed by atoms with Crippen LogP contribution < -0.4 is 10.9 Å². The summed E-state index contributed by atoms with van der Waals surface area (Å²) in [7, 11) is 0. The average molecular weight is 494 g/mol. The predicted octanol–water partition coefficient (Wildman–Crippen LogP) is 1.36. The number of aliphatic hydroxyl groups excluding tert-OH is 1. The summed E-state index contributed by atoms with van der Waals surface area (Å²) in [5.74, 6) is -1.61. The van der Waals surface area contributed by atoms with E-state index in [9.17, 15) is 23.9 Å². The van der Waals surface area contributed by atoms with E-state index in [-0.39, 0.29) is 36.5 Å². The van der Waals surface area contributed by atoms with Crippen molar-refractivity contribution < 1.29 is 28.9 Å². The van der Waals surface area contributed by atoms with Crippen molar-refractivity contribution in [1.82, 2.24) is 14.9 Å². The number of aromatic nitrogens is 2. The predicted molar refractivity (Wildman–Crippen MR) is 127 cm³/mol. The van der Waals surface area contributed by atoms with Crippen LogP contribution in [-0.4, -0.2) is 38.2 Å². The highest BCUT2D eigenvalue weighted by Crippen LogP contribution is 2.45. The lowest BCUT2D eigenvalue weighted by atomic mass is 9.81. The molecule has 0 saturated carbocycles. The van der Waals surface area contributed by atoms with Gasteiger partial charge in [0.25, 0.3) is 11.2 Å². The summed E-state index contributed by atoms with van der Waals surface area (Å²) in [4.78, 5) is 43.0. The van der Waals surface area contributed by atoms with Gasteiger partial charge in [-0.1, -0.05) is 6.92 Å². The van der Waals surface area contributed by atoms with Crippen LogP contribution in [0, 0.1) is 12.7 Å². The highest BCUT2D eigenvalue weighted by atomic mass is 19.1. The number of hydrogen-bond donors (Lipinski definition) is 2. The number of ether oxygens (including phenoxy) is 1. The molecule has 0 fully saturated rings. The van der Waals surface area contributed by atoms with Crippen LogP contribution in [0.5, 0.6) is 0 Å². The number of carbonyl (C=O) groups is 2. The molecule has 1 amide bonds. The zero-order valence-electron chi connectivity index (χ0n) is 19.8. The minimum Gasteiger partial charge on any atom is -0.454 e. The Balaban J connectivity index is 1.66. The van der Waals surface area contributed by atoms with Gasteiger partial charge in [-0.15, -0.1) is 0 Å². The first kappa shape index (κ1) is 22.8. The number of hydrogen-bond acceptors (Lipinski definition) is 6. The molecular weight excluding hydrogens is 469 g/mol. The number of nitrogens with zero attached hydrogens (tertiary/aromatic N) is 2. The number of carbonyl (C=O) groups excluding carboxylic acids is 2. The Labute approximate surface area is 204 Å². The number of cyclic esters (lactones) is 1. The number of amides is 1. The molecule has 9 nitrogen and oxygen atoms in total. The molecule has 0 unspecified atom stereocenters. The number of benzene rings is 1. The molecule has 10 heteroatoms. The van der Waals surface area contributed by atoms with Gasteiger partial charge in [0.2, 0.25) is 5.91 Å². The molecule has 186 valence electrons. The summed E-state index contributed by atoms with van der Waals surface area (Å²) < 4.78 is 21.6. The Kier molecular flexibility index (Phi) is 4.87. The molecule has 3 aromatic rings. The minimum absolute atomic E-state index is 0.133. The largest absolute Gasteiger partial charge is 0.454 e. The quantitative estimate of drug-likeness (QED) is 0.326. The minimum atomic E-state index is -1.70. The number of fused-ring (bicyclic) bond motifs is 5. The summed E-state index contributed by atoms with van der Waals surface area (Å²) in [6.45, 7) is 2.73. The van der Waals surface area contributed by atoms with Crippen molar-refractivity contribution in [2.45, 2.75) is 57.9 Å². The van der Waals surface area contributed by atoms with Crippen LogP contribution in [-0.2, 0) is 39.5 Å². The number of aryl methyl sites for hydroxylation is 1. The van der Waals surface area contributed by atoms with E-state index in [4.69, 9.17) is 14.8 Å². The Morgan fingerprint density at radius 1 is 1.33 bits per heavy atom. The molecule has 0 bridgehead atoms. The Bertz CT molecular complexity index is 1580. The van der Waals surface area contributed by atoms with Gasteiger partial charge in [0, 0.05) is 23.4 Å². The highest BCUT2D eigenvalue weighted by molar-refractivity contribution is 5.94. The fourth-order valence-electron chi connectivity index (χ4n) is 5.95. The number of nitrogens with one attached hydrogen (secondary N) is 1. The SMILES string of the molecule is CC[C@@]1([OH2+])C(=O)OCc2c1cc1n(c2=O)Cc2c-1nc1cc(F)c(C)c3c1c2[C@@H](NC(=O)CO)CC3. The van der Waals surface area contributed by atoms with Gasteiger partial charge in [-0.05, 0) is 42.5 Å². The molecule has 2 aromatic heterocycles. The lowest BCUT2D eigenvalue weighted by Gasteiger charge is -2.29. The molecular formula is C26H25FN3O6+. The van der Waals surface area contributed by atoms with Crippen LogP contribution in [0.4, 0.5) is 4.39 Å². The smallest absolute Gasteiger partial charge is 0.395 e. The molecule has 4 N–H and O–H groups in total. The van der Waals surface area contributed by atoms with Crippen LogP contribution in [0.15, 0.2) is 16.9 Å². The molecule has 4 heterocycles. The lowest BCUT2D eigenvalue weighted by Crippen LogP contribution is -2.44. The second-order valence-electron chi connectivity index (χ2n) is 9.67. The number of esters is 1. The zero-order chi connectivity index (χ0) is 25.5. The fraction of sp³-hybridized carbons (Fsp3) is 0.385. The van der Waals surface area contributed by atoms with Crippen LogP contribution in [0.3, 0.4) is 0 Å². The van der Waals surface area contributed by atoms with E-state index in [1.165, 1.54) is 6.07 Å². The maximum atomic E-state index is 14.9. The summed E-state index contributed by atoms with van der Waals surface area (Å²) in [6.07, 6.45) is 1.17. The first-order chi connectivity index (χ1) is 17.2. The molecule has 0 saturated heterocycles. The van der Waals surface area contributed by atoms with E-state index in [1.807, 2.05) is 0 Å². The van der Waals surface area contributed by atoms with Gasteiger partial charge in [-0.3, -0.25) is 9.59 Å².